The molecular weight excluding hydrogens is 400 g/mol. The van der Waals surface area contributed by atoms with E-state index in [1.807, 2.05) is 61.5 Å². The zero-order valence-electron chi connectivity index (χ0n) is 16.5. The van der Waals surface area contributed by atoms with Crippen LogP contribution in [0.25, 0.3) is 11.5 Å². The summed E-state index contributed by atoms with van der Waals surface area (Å²) in [6, 6.07) is 17.4. The maximum atomic E-state index is 5.90. The molecule has 2 heterocycles. The van der Waals surface area contributed by atoms with Gasteiger partial charge in [0.15, 0.2) is 11.5 Å². The molecule has 0 unspecified atom stereocenters. The van der Waals surface area contributed by atoms with Gasteiger partial charge in [-0.2, -0.15) is 20.0 Å². The Morgan fingerprint density at radius 1 is 1.07 bits per heavy atom. The topological polar surface area (TPSA) is 93.1 Å². The first-order valence-electron chi connectivity index (χ1n) is 9.23. The highest BCUT2D eigenvalue weighted by molar-refractivity contribution is 7.71. The molecule has 0 amide bonds. The molecule has 0 aliphatic rings. The minimum Gasteiger partial charge on any atom is -0.493 e. The number of hydrogen-bond donors (Lipinski definition) is 2. The maximum absolute atomic E-state index is 5.90. The number of nitrogens with zero attached hydrogens (tertiary/aromatic N) is 4. The van der Waals surface area contributed by atoms with E-state index in [4.69, 9.17) is 21.7 Å². The third-order valence-electron chi connectivity index (χ3n) is 4.33. The number of aromatic amines is 2. The Balaban J connectivity index is 1.55. The molecule has 30 heavy (non-hydrogen) atoms. The van der Waals surface area contributed by atoms with Crippen LogP contribution < -0.4 is 9.47 Å². The first-order valence-corrected chi connectivity index (χ1v) is 9.64. The summed E-state index contributed by atoms with van der Waals surface area (Å²) in [6.45, 7) is 2.38. The van der Waals surface area contributed by atoms with Crippen LogP contribution in [-0.2, 0) is 6.61 Å². The molecule has 0 saturated carbocycles. The molecule has 0 aliphatic carbocycles. The summed E-state index contributed by atoms with van der Waals surface area (Å²) >= 11 is 5.29. The van der Waals surface area contributed by atoms with Gasteiger partial charge in [0.2, 0.25) is 10.6 Å². The lowest BCUT2D eigenvalue weighted by molar-refractivity contribution is 0.284. The van der Waals surface area contributed by atoms with E-state index in [1.165, 1.54) is 4.68 Å². The van der Waals surface area contributed by atoms with Gasteiger partial charge < -0.3 is 9.47 Å². The minimum absolute atomic E-state index is 0.372. The normalized spacial score (nSPS) is 11.1. The molecule has 0 radical (unpaired) electrons. The van der Waals surface area contributed by atoms with Crippen LogP contribution >= 0.6 is 12.2 Å². The predicted octanol–water partition coefficient (Wildman–Crippen LogP) is 4.11. The summed E-state index contributed by atoms with van der Waals surface area (Å²) < 4.78 is 13.3. The van der Waals surface area contributed by atoms with E-state index < -0.39 is 0 Å². The van der Waals surface area contributed by atoms with Crippen LogP contribution in [0.1, 0.15) is 16.8 Å². The number of hydrogen-bond acceptors (Lipinski definition) is 6. The molecule has 9 heteroatoms. The number of aryl methyl sites for hydroxylation is 1. The van der Waals surface area contributed by atoms with Gasteiger partial charge in [-0.15, -0.1) is 0 Å². The summed E-state index contributed by atoms with van der Waals surface area (Å²) in [6.07, 6.45) is 1.68. The molecule has 152 valence electrons. The monoisotopic (exact) mass is 420 g/mol. The highest BCUT2D eigenvalue weighted by Gasteiger charge is 2.11. The number of nitrogens with one attached hydrogen (secondary N) is 2. The first-order chi connectivity index (χ1) is 14.6. The van der Waals surface area contributed by atoms with Gasteiger partial charge >= 0.3 is 0 Å². The van der Waals surface area contributed by atoms with E-state index in [1.54, 1.807) is 13.3 Å². The fourth-order valence-electron chi connectivity index (χ4n) is 2.84. The smallest absolute Gasteiger partial charge is 0.216 e. The van der Waals surface area contributed by atoms with Gasteiger partial charge in [-0.1, -0.05) is 30.3 Å². The minimum atomic E-state index is 0.372. The molecule has 0 fully saturated rings. The Kier molecular flexibility index (Phi) is 5.71. The molecule has 2 aromatic carbocycles. The molecule has 2 aromatic heterocycles. The zero-order valence-corrected chi connectivity index (χ0v) is 17.3. The summed E-state index contributed by atoms with van der Waals surface area (Å²) in [5.41, 5.74) is 3.48. The quantitative estimate of drug-likeness (QED) is 0.347. The number of ether oxygens (including phenoxy) is 2. The number of aromatic nitrogens is 5. The van der Waals surface area contributed by atoms with Crippen molar-refractivity contribution in [3.05, 3.63) is 76.2 Å². The van der Waals surface area contributed by atoms with Gasteiger partial charge in [0.25, 0.3) is 0 Å². The Hall–Kier alpha value is -3.72. The van der Waals surface area contributed by atoms with E-state index in [9.17, 15) is 0 Å². The molecule has 0 bridgehead atoms. The second-order valence-corrected chi connectivity index (χ2v) is 6.92. The average molecular weight is 420 g/mol. The summed E-state index contributed by atoms with van der Waals surface area (Å²) in [5.74, 6) is 1.80. The largest absolute Gasteiger partial charge is 0.493 e. The highest BCUT2D eigenvalue weighted by Crippen LogP contribution is 2.28. The van der Waals surface area contributed by atoms with Gasteiger partial charge in [0.05, 0.1) is 13.3 Å². The van der Waals surface area contributed by atoms with Crippen molar-refractivity contribution in [3.63, 3.8) is 0 Å². The summed E-state index contributed by atoms with van der Waals surface area (Å²) in [7, 11) is 1.61. The fraction of sp³-hybridized carbons (Fsp3) is 0.143. The van der Waals surface area contributed by atoms with Crippen LogP contribution in [0.4, 0.5) is 0 Å². The third kappa shape index (κ3) is 4.31. The van der Waals surface area contributed by atoms with Crippen LogP contribution in [0, 0.1) is 11.7 Å². The van der Waals surface area contributed by atoms with Crippen LogP contribution in [0.3, 0.4) is 0 Å². The average Bonchev–Trinajstić information content (AvgIpc) is 3.36. The zero-order chi connectivity index (χ0) is 20.9. The fourth-order valence-corrected chi connectivity index (χ4v) is 3.02. The lowest BCUT2D eigenvalue weighted by Gasteiger charge is -2.11. The van der Waals surface area contributed by atoms with E-state index in [0.717, 1.165) is 16.8 Å². The molecule has 0 aliphatic heterocycles. The van der Waals surface area contributed by atoms with Gasteiger partial charge in [0.1, 0.15) is 12.3 Å². The van der Waals surface area contributed by atoms with Crippen LogP contribution in [0.5, 0.6) is 11.5 Å². The second kappa shape index (κ2) is 8.75. The lowest BCUT2D eigenvalue weighted by atomic mass is 10.2. The Bertz CT molecular complexity index is 1230. The number of rotatable bonds is 7. The number of benzene rings is 2. The molecule has 0 atom stereocenters. The Morgan fingerprint density at radius 3 is 2.63 bits per heavy atom. The van der Waals surface area contributed by atoms with E-state index in [-0.39, 0.29) is 0 Å². The third-order valence-corrected chi connectivity index (χ3v) is 4.60. The molecule has 4 rings (SSSR count). The molecule has 0 spiro atoms. The Morgan fingerprint density at radius 2 is 1.90 bits per heavy atom. The van der Waals surface area contributed by atoms with E-state index in [0.29, 0.717) is 34.4 Å². The SMILES string of the molecule is COc1cc(/C=N\n2c(-c3cc(C)[nH]n3)n[nH]c2=S)ccc1OCc1ccccc1. The van der Waals surface area contributed by atoms with Gasteiger partial charge in [0, 0.05) is 5.69 Å². The van der Waals surface area contributed by atoms with Crippen molar-refractivity contribution in [2.45, 2.75) is 13.5 Å². The highest BCUT2D eigenvalue weighted by atomic mass is 32.1. The standard InChI is InChI=1S/C21H20N6O2S/c1-14-10-17(24-23-14)20-25-26-21(30)27(20)22-12-16-8-9-18(19(11-16)28-2)29-13-15-6-4-3-5-7-15/h3-12H,13H2,1-2H3,(H,23,24)(H,26,30)/b22-12-. The Labute approximate surface area is 178 Å². The van der Waals surface area contributed by atoms with Crippen LogP contribution in [-0.4, -0.2) is 38.4 Å². The number of H-pyrrole nitrogens is 2. The maximum Gasteiger partial charge on any atom is 0.216 e. The second-order valence-electron chi connectivity index (χ2n) is 6.53. The lowest BCUT2D eigenvalue weighted by Crippen LogP contribution is -1.99. The van der Waals surface area contributed by atoms with E-state index >= 15 is 0 Å². The van der Waals surface area contributed by atoms with Gasteiger partial charge in [-0.25, -0.2) is 5.10 Å². The van der Waals surface area contributed by atoms with Gasteiger partial charge in [-0.05, 0) is 54.5 Å². The first kappa shape index (κ1) is 19.6. The van der Waals surface area contributed by atoms with Crippen LogP contribution in [0.2, 0.25) is 0 Å². The number of methoxy groups -OCH3 is 1. The summed E-state index contributed by atoms with van der Waals surface area (Å²) in [5, 5.41) is 18.5. The van der Waals surface area contributed by atoms with Crippen molar-refractivity contribution < 1.29 is 9.47 Å². The van der Waals surface area contributed by atoms with Crippen molar-refractivity contribution >= 4 is 18.4 Å². The van der Waals surface area contributed by atoms with Crippen molar-refractivity contribution in [3.8, 4) is 23.0 Å². The van der Waals surface area contributed by atoms with E-state index in [2.05, 4.69) is 25.5 Å². The van der Waals surface area contributed by atoms with Crippen molar-refractivity contribution in [2.24, 2.45) is 5.10 Å². The molecule has 2 N–H and O–H groups in total. The molecule has 8 nitrogen and oxygen atoms in total. The van der Waals surface area contributed by atoms with Crippen molar-refractivity contribution in [1.29, 1.82) is 0 Å². The summed E-state index contributed by atoms with van der Waals surface area (Å²) in [4.78, 5) is 0. The van der Waals surface area contributed by atoms with Crippen molar-refractivity contribution in [2.75, 3.05) is 7.11 Å². The predicted molar refractivity (Wildman–Crippen MR) is 116 cm³/mol. The molecule has 0 saturated heterocycles. The van der Waals surface area contributed by atoms with Crippen molar-refractivity contribution in [1.82, 2.24) is 25.1 Å². The van der Waals surface area contributed by atoms with Gasteiger partial charge in [-0.3, -0.25) is 5.10 Å². The molecular formula is C21H20N6O2S. The molecule has 4 aromatic rings. The van der Waals surface area contributed by atoms with Crippen LogP contribution in [0.15, 0.2) is 59.7 Å².